The number of nitrogens with zero attached hydrogens (tertiary/aromatic N) is 2. The van der Waals surface area contributed by atoms with Gasteiger partial charge in [0.25, 0.3) is 5.91 Å². The van der Waals surface area contributed by atoms with Gasteiger partial charge >= 0.3 is 0 Å². The highest BCUT2D eigenvalue weighted by atomic mass is 79.9. The Kier molecular flexibility index (Phi) is 4.00. The maximum Gasteiger partial charge on any atom is 0.295 e. The molecule has 2 N–H and O–H groups in total. The molecule has 6 heteroatoms. The smallest absolute Gasteiger partial charge is 0.295 e. The van der Waals surface area contributed by atoms with Gasteiger partial charge in [0.15, 0.2) is 5.69 Å². The average Bonchev–Trinajstić information content (AvgIpc) is 2.81. The van der Waals surface area contributed by atoms with Gasteiger partial charge < -0.3 is 10.1 Å². The fraction of sp³-hybridized carbons (Fsp3) is 0.118. The number of hydrogen-bond acceptors (Lipinski definition) is 3. The number of amides is 1. The number of aromatic nitrogens is 1. The Bertz CT molecular complexity index is 944. The number of carbonyl (C=O) groups is 1. The Labute approximate surface area is 141 Å². The van der Waals surface area contributed by atoms with Crippen LogP contribution in [0.1, 0.15) is 21.5 Å². The van der Waals surface area contributed by atoms with Gasteiger partial charge in [0, 0.05) is 15.4 Å². The molecule has 5 nitrogen and oxygen atoms in total. The van der Waals surface area contributed by atoms with Crippen LogP contribution in [-0.4, -0.2) is 16.0 Å². The van der Waals surface area contributed by atoms with Gasteiger partial charge in [-0.1, -0.05) is 33.6 Å². The van der Waals surface area contributed by atoms with Crippen LogP contribution in [0.4, 0.5) is 5.69 Å². The summed E-state index contributed by atoms with van der Waals surface area (Å²) in [4.78, 5) is 15.0. The van der Waals surface area contributed by atoms with Gasteiger partial charge in [-0.3, -0.25) is 4.79 Å². The van der Waals surface area contributed by atoms with Crippen molar-refractivity contribution in [2.75, 3.05) is 0 Å². The minimum absolute atomic E-state index is 0.0977. The van der Waals surface area contributed by atoms with Crippen LogP contribution in [0.3, 0.4) is 0 Å². The van der Waals surface area contributed by atoms with Gasteiger partial charge in [-0.25, -0.2) is 0 Å². The van der Waals surface area contributed by atoms with Gasteiger partial charge in [-0.2, -0.15) is 0 Å². The summed E-state index contributed by atoms with van der Waals surface area (Å²) >= 11 is 3.31. The molecular formula is C17H14BrN3O2. The zero-order chi connectivity index (χ0) is 16.6. The Morgan fingerprint density at radius 1 is 1.22 bits per heavy atom. The molecule has 0 spiro atoms. The van der Waals surface area contributed by atoms with Gasteiger partial charge in [-0.15, -0.1) is 10.2 Å². The lowest BCUT2D eigenvalue weighted by atomic mass is 10.1. The van der Waals surface area contributed by atoms with Crippen LogP contribution in [0.2, 0.25) is 0 Å². The second-order valence-electron chi connectivity index (χ2n) is 5.34. The van der Waals surface area contributed by atoms with E-state index in [2.05, 4.69) is 31.1 Å². The molecule has 0 aliphatic carbocycles. The van der Waals surface area contributed by atoms with E-state index in [1.165, 1.54) is 0 Å². The van der Waals surface area contributed by atoms with Crippen LogP contribution in [-0.2, 0) is 0 Å². The van der Waals surface area contributed by atoms with Gasteiger partial charge in [0.05, 0.1) is 5.52 Å². The van der Waals surface area contributed by atoms with E-state index in [0.717, 1.165) is 26.5 Å². The summed E-state index contributed by atoms with van der Waals surface area (Å²) in [5.41, 5.74) is 3.53. The number of fused-ring (bicyclic) bond motifs is 1. The number of rotatable bonds is 2. The van der Waals surface area contributed by atoms with E-state index in [0.29, 0.717) is 5.56 Å². The molecule has 3 aromatic rings. The maximum atomic E-state index is 12.1. The Morgan fingerprint density at radius 2 is 2.00 bits per heavy atom. The van der Waals surface area contributed by atoms with Crippen LogP contribution in [0.15, 0.2) is 51.1 Å². The number of aromatic amines is 1. The fourth-order valence-electron chi connectivity index (χ4n) is 2.50. The van der Waals surface area contributed by atoms with E-state index in [9.17, 15) is 9.90 Å². The molecule has 0 fully saturated rings. The largest absolute Gasteiger partial charge is 0.493 e. The van der Waals surface area contributed by atoms with Crippen molar-refractivity contribution in [3.63, 3.8) is 0 Å². The van der Waals surface area contributed by atoms with Crippen molar-refractivity contribution in [2.45, 2.75) is 13.8 Å². The maximum absolute atomic E-state index is 12.1. The number of benzene rings is 2. The molecule has 0 saturated heterocycles. The van der Waals surface area contributed by atoms with Crippen LogP contribution < -0.4 is 0 Å². The Balaban J connectivity index is 2.01. The molecule has 0 aliphatic rings. The molecular weight excluding hydrogens is 358 g/mol. The summed E-state index contributed by atoms with van der Waals surface area (Å²) in [5.74, 6) is -0.566. The van der Waals surface area contributed by atoms with Crippen molar-refractivity contribution >= 4 is 38.4 Å². The monoisotopic (exact) mass is 371 g/mol. The van der Waals surface area contributed by atoms with E-state index in [4.69, 9.17) is 0 Å². The molecule has 0 saturated carbocycles. The van der Waals surface area contributed by atoms with Gasteiger partial charge in [0.1, 0.15) is 0 Å². The standard InChI is InChI=1S/C17H14BrN3O2/c1-9-6-10(2)14-13(7-9)15(17(23)19-14)20-21-16(22)11-4-3-5-12(18)8-11/h3-8,19,23H,1-2H3. The van der Waals surface area contributed by atoms with Crippen molar-refractivity contribution in [3.05, 3.63) is 57.6 Å². The Morgan fingerprint density at radius 3 is 2.74 bits per heavy atom. The number of hydrogen-bond donors (Lipinski definition) is 2. The summed E-state index contributed by atoms with van der Waals surface area (Å²) in [6.07, 6.45) is 0. The zero-order valence-corrected chi connectivity index (χ0v) is 14.2. The highest BCUT2D eigenvalue weighted by Gasteiger charge is 2.13. The van der Waals surface area contributed by atoms with E-state index in [1.807, 2.05) is 32.0 Å². The number of nitrogens with one attached hydrogen (secondary N) is 1. The molecule has 1 amide bonds. The van der Waals surface area contributed by atoms with E-state index in [-0.39, 0.29) is 11.6 Å². The fourth-order valence-corrected chi connectivity index (χ4v) is 2.90. The second-order valence-corrected chi connectivity index (χ2v) is 6.26. The quantitative estimate of drug-likeness (QED) is 0.608. The number of halogens is 1. The van der Waals surface area contributed by atoms with Crippen molar-refractivity contribution < 1.29 is 9.90 Å². The van der Waals surface area contributed by atoms with Crippen molar-refractivity contribution in [2.24, 2.45) is 10.2 Å². The third-order valence-electron chi connectivity index (χ3n) is 3.52. The molecule has 0 atom stereocenters. The highest BCUT2D eigenvalue weighted by molar-refractivity contribution is 9.10. The molecule has 1 heterocycles. The lowest BCUT2D eigenvalue weighted by Crippen LogP contribution is -1.92. The molecule has 1 aromatic heterocycles. The van der Waals surface area contributed by atoms with Crippen molar-refractivity contribution in [1.82, 2.24) is 4.98 Å². The molecule has 116 valence electrons. The number of aryl methyl sites for hydroxylation is 2. The zero-order valence-electron chi connectivity index (χ0n) is 12.6. The second kappa shape index (κ2) is 5.96. The predicted molar refractivity (Wildman–Crippen MR) is 92.4 cm³/mol. The topological polar surface area (TPSA) is 77.8 Å². The van der Waals surface area contributed by atoms with Crippen LogP contribution >= 0.6 is 15.9 Å². The predicted octanol–water partition coefficient (Wildman–Crippen LogP) is 5.18. The van der Waals surface area contributed by atoms with Gasteiger partial charge in [0.2, 0.25) is 5.88 Å². The number of carbonyl (C=O) groups excluding carboxylic acids is 1. The molecule has 0 unspecified atom stereocenters. The lowest BCUT2D eigenvalue weighted by molar-refractivity contribution is 0.0995. The normalized spacial score (nSPS) is 11.4. The van der Waals surface area contributed by atoms with Crippen LogP contribution in [0.5, 0.6) is 5.88 Å². The third kappa shape index (κ3) is 3.03. The van der Waals surface area contributed by atoms with Crippen LogP contribution in [0.25, 0.3) is 10.9 Å². The summed E-state index contributed by atoms with van der Waals surface area (Å²) in [7, 11) is 0. The number of H-pyrrole nitrogens is 1. The summed E-state index contributed by atoms with van der Waals surface area (Å²) in [6, 6.07) is 10.8. The first-order valence-corrected chi connectivity index (χ1v) is 7.78. The SMILES string of the molecule is Cc1cc(C)c2[nH]c(O)c(N=NC(=O)c3cccc(Br)c3)c2c1. The van der Waals surface area contributed by atoms with Gasteiger partial charge in [-0.05, 0) is 43.7 Å². The number of azo groups is 1. The highest BCUT2D eigenvalue weighted by Crippen LogP contribution is 2.37. The first-order chi connectivity index (χ1) is 11.0. The lowest BCUT2D eigenvalue weighted by Gasteiger charge is -1.99. The average molecular weight is 372 g/mol. The summed E-state index contributed by atoms with van der Waals surface area (Å²) in [5, 5.41) is 18.5. The van der Waals surface area contributed by atoms with E-state index >= 15 is 0 Å². The minimum Gasteiger partial charge on any atom is -0.493 e. The molecule has 0 bridgehead atoms. The first kappa shape index (κ1) is 15.4. The van der Waals surface area contributed by atoms with Crippen molar-refractivity contribution in [1.29, 1.82) is 0 Å². The van der Waals surface area contributed by atoms with Crippen LogP contribution in [0, 0.1) is 13.8 Å². The molecule has 2 aromatic carbocycles. The molecule has 0 radical (unpaired) electrons. The summed E-state index contributed by atoms with van der Waals surface area (Å²) in [6.45, 7) is 3.91. The molecule has 0 aliphatic heterocycles. The van der Waals surface area contributed by atoms with E-state index in [1.54, 1.807) is 18.2 Å². The minimum atomic E-state index is -0.468. The summed E-state index contributed by atoms with van der Waals surface area (Å²) < 4.78 is 0.791. The third-order valence-corrected chi connectivity index (χ3v) is 4.01. The Hall–Kier alpha value is -2.47. The first-order valence-electron chi connectivity index (χ1n) is 6.99. The number of aromatic hydroxyl groups is 1. The van der Waals surface area contributed by atoms with Crippen molar-refractivity contribution in [3.8, 4) is 5.88 Å². The molecule has 23 heavy (non-hydrogen) atoms. The molecule has 3 rings (SSSR count). The van der Waals surface area contributed by atoms with E-state index < -0.39 is 5.91 Å².